The van der Waals surface area contributed by atoms with Crippen molar-refractivity contribution in [3.63, 3.8) is 0 Å². The van der Waals surface area contributed by atoms with Gasteiger partial charge in [-0.15, -0.1) is 0 Å². The number of carbonyl (C=O) groups excluding carboxylic acids is 1. The number of hydrogen-bond acceptors (Lipinski definition) is 7. The molecule has 0 radical (unpaired) electrons. The molecule has 0 saturated carbocycles. The van der Waals surface area contributed by atoms with Crippen LogP contribution in [0.15, 0.2) is 83.3 Å². The highest BCUT2D eigenvalue weighted by Crippen LogP contribution is 2.51. The molecule has 8 nitrogen and oxygen atoms in total. The molecule has 0 fully saturated rings. The van der Waals surface area contributed by atoms with Crippen molar-refractivity contribution in [3.05, 3.63) is 121 Å². The quantitative estimate of drug-likeness (QED) is 0.237. The number of carbonyl (C=O) groups is 1. The smallest absolute Gasteiger partial charge is 0.271 e. The van der Waals surface area contributed by atoms with Crippen molar-refractivity contribution >= 4 is 28.8 Å². The third-order valence-corrected chi connectivity index (χ3v) is 8.18. The fraction of sp³-hybridized carbons (Fsp3) is 0.273. The van der Waals surface area contributed by atoms with E-state index in [-0.39, 0.29) is 34.9 Å². The molecule has 2 N–H and O–H groups in total. The maximum atomic E-state index is 13.9. The Balaban J connectivity index is 1.67. The van der Waals surface area contributed by atoms with Crippen molar-refractivity contribution in [1.29, 1.82) is 5.26 Å². The molecule has 1 unspecified atom stereocenters. The van der Waals surface area contributed by atoms with Crippen LogP contribution in [0.5, 0.6) is 5.75 Å². The van der Waals surface area contributed by atoms with Crippen LogP contribution in [0, 0.1) is 40.7 Å². The van der Waals surface area contributed by atoms with E-state index in [1.807, 2.05) is 39.8 Å². The van der Waals surface area contributed by atoms with Crippen LogP contribution in [-0.4, -0.2) is 10.7 Å². The Morgan fingerprint density at radius 3 is 2.50 bits per heavy atom. The van der Waals surface area contributed by atoms with Gasteiger partial charge in [-0.25, -0.2) is 0 Å². The van der Waals surface area contributed by atoms with Crippen molar-refractivity contribution in [1.82, 2.24) is 0 Å². The Bertz CT molecular complexity index is 1720. The van der Waals surface area contributed by atoms with Gasteiger partial charge in [0.15, 0.2) is 5.78 Å². The lowest BCUT2D eigenvalue weighted by Gasteiger charge is -2.44. The van der Waals surface area contributed by atoms with Crippen LogP contribution in [0.4, 0.5) is 11.4 Å². The molecule has 1 atom stereocenters. The van der Waals surface area contributed by atoms with Gasteiger partial charge in [0.05, 0.1) is 28.2 Å². The second-order valence-electron chi connectivity index (χ2n) is 11.6. The van der Waals surface area contributed by atoms with Crippen molar-refractivity contribution in [2.75, 3.05) is 4.90 Å². The van der Waals surface area contributed by atoms with E-state index in [0.717, 1.165) is 22.3 Å². The molecule has 3 aromatic rings. The number of nitriles is 1. The van der Waals surface area contributed by atoms with E-state index in [1.54, 1.807) is 41.3 Å². The number of non-ortho nitro benzene ring substituents is 1. The summed E-state index contributed by atoms with van der Waals surface area (Å²) >= 11 is 6.01. The van der Waals surface area contributed by atoms with Crippen LogP contribution in [0.2, 0.25) is 5.02 Å². The Morgan fingerprint density at radius 1 is 1.12 bits per heavy atom. The van der Waals surface area contributed by atoms with E-state index in [0.29, 0.717) is 40.6 Å². The number of aryl methyl sites for hydroxylation is 2. The van der Waals surface area contributed by atoms with Gasteiger partial charge in [0.1, 0.15) is 18.2 Å². The van der Waals surface area contributed by atoms with Gasteiger partial charge in [-0.05, 0) is 78.3 Å². The average molecular weight is 583 g/mol. The zero-order valence-corrected chi connectivity index (χ0v) is 24.7. The zero-order chi connectivity index (χ0) is 30.3. The molecule has 1 heterocycles. The lowest BCUT2D eigenvalue weighted by molar-refractivity contribution is -0.384. The highest BCUT2D eigenvalue weighted by molar-refractivity contribution is 6.30. The predicted octanol–water partition coefficient (Wildman–Crippen LogP) is 7.38. The van der Waals surface area contributed by atoms with Crippen molar-refractivity contribution in [2.24, 2.45) is 11.1 Å². The highest BCUT2D eigenvalue weighted by atomic mass is 35.5. The second-order valence-corrected chi connectivity index (χ2v) is 12.1. The first-order valence-corrected chi connectivity index (χ1v) is 14.0. The van der Waals surface area contributed by atoms with Crippen molar-refractivity contribution < 1.29 is 14.5 Å². The summed E-state index contributed by atoms with van der Waals surface area (Å²) in [6, 6.07) is 19.5. The Hall–Kier alpha value is -4.61. The number of rotatable bonds is 6. The van der Waals surface area contributed by atoms with E-state index < -0.39 is 10.8 Å². The Kier molecular flexibility index (Phi) is 7.56. The van der Waals surface area contributed by atoms with Crippen LogP contribution >= 0.6 is 11.6 Å². The molecule has 2 aliphatic rings. The number of anilines is 1. The number of nitrogens with zero attached hydrogens (tertiary/aromatic N) is 3. The minimum absolute atomic E-state index is 0.0686. The first-order chi connectivity index (χ1) is 19.9. The van der Waals surface area contributed by atoms with Gasteiger partial charge in [0.25, 0.3) is 5.69 Å². The molecule has 0 amide bonds. The van der Waals surface area contributed by atoms with Gasteiger partial charge in [0, 0.05) is 34.8 Å². The predicted molar refractivity (Wildman–Crippen MR) is 162 cm³/mol. The van der Waals surface area contributed by atoms with Crippen LogP contribution in [0.3, 0.4) is 0 Å². The van der Waals surface area contributed by atoms with Crippen LogP contribution < -0.4 is 15.4 Å². The van der Waals surface area contributed by atoms with Crippen LogP contribution in [-0.2, 0) is 11.4 Å². The van der Waals surface area contributed by atoms with Crippen LogP contribution in [0.1, 0.15) is 54.9 Å². The lowest BCUT2D eigenvalue weighted by Crippen LogP contribution is -2.42. The minimum atomic E-state index is -0.682. The van der Waals surface area contributed by atoms with Gasteiger partial charge < -0.3 is 10.5 Å². The fourth-order valence-corrected chi connectivity index (χ4v) is 6.06. The molecule has 214 valence electrons. The highest BCUT2D eigenvalue weighted by Gasteiger charge is 2.45. The first-order valence-electron chi connectivity index (χ1n) is 13.6. The van der Waals surface area contributed by atoms with E-state index >= 15 is 0 Å². The second kappa shape index (κ2) is 11.0. The maximum Gasteiger partial charge on any atom is 0.271 e. The third kappa shape index (κ3) is 5.36. The van der Waals surface area contributed by atoms with Crippen LogP contribution in [0.25, 0.3) is 0 Å². The Morgan fingerprint density at radius 2 is 1.83 bits per heavy atom. The summed E-state index contributed by atoms with van der Waals surface area (Å²) in [6.07, 6.45) is 0.811. The molecule has 1 aliphatic carbocycles. The molecular formula is C33H31ClN4O4. The van der Waals surface area contributed by atoms with Gasteiger partial charge in [0.2, 0.25) is 0 Å². The SMILES string of the molecule is Cc1cc(C)c(C2C(C#N)=C(N)N(c3cccc([N+](=O)[O-])c3)C3=C2C(=O)CC(C)(C)C3)cc1COc1ccc(Cl)cc1. The molecule has 0 aromatic heterocycles. The molecule has 0 spiro atoms. The maximum absolute atomic E-state index is 13.9. The summed E-state index contributed by atoms with van der Waals surface area (Å²) in [6.45, 7) is 8.26. The molecule has 0 saturated heterocycles. The number of ketones is 1. The molecule has 0 bridgehead atoms. The molecule has 5 rings (SSSR count). The standard InChI is InChI=1S/C33H31ClN4O4/c1-19-12-20(2)26(13-21(19)18-42-25-10-8-22(34)9-11-25)30-27(17-35)32(36)37(23-6-5-7-24(14-23)38(40)41)28-15-33(3,4)16-29(39)31(28)30/h5-14,30H,15-16,18,36H2,1-4H3. The van der Waals surface area contributed by atoms with Crippen molar-refractivity contribution in [2.45, 2.75) is 53.1 Å². The van der Waals surface area contributed by atoms with Crippen molar-refractivity contribution in [3.8, 4) is 11.8 Å². The van der Waals surface area contributed by atoms with Gasteiger partial charge >= 0.3 is 0 Å². The topological polar surface area (TPSA) is 122 Å². The summed E-state index contributed by atoms with van der Waals surface area (Å²) in [7, 11) is 0. The molecule has 42 heavy (non-hydrogen) atoms. The van der Waals surface area contributed by atoms with E-state index in [4.69, 9.17) is 22.1 Å². The number of allylic oxidation sites excluding steroid dienone is 3. The lowest BCUT2D eigenvalue weighted by atomic mass is 9.68. The minimum Gasteiger partial charge on any atom is -0.489 e. The molecule has 9 heteroatoms. The Labute approximate surface area is 249 Å². The number of nitrogens with two attached hydrogens (primary N) is 1. The van der Waals surface area contributed by atoms with E-state index in [2.05, 4.69) is 6.07 Å². The number of hydrogen-bond donors (Lipinski definition) is 1. The average Bonchev–Trinajstić information content (AvgIpc) is 2.92. The van der Waals surface area contributed by atoms with Gasteiger partial charge in [-0.3, -0.25) is 19.8 Å². The molecule has 3 aromatic carbocycles. The number of halogens is 1. The normalized spacial score (nSPS) is 18.0. The molecule has 1 aliphatic heterocycles. The summed E-state index contributed by atoms with van der Waals surface area (Å²) in [5, 5.41) is 22.7. The summed E-state index contributed by atoms with van der Waals surface area (Å²) in [5.74, 6) is 0.0770. The van der Waals surface area contributed by atoms with E-state index in [9.17, 15) is 20.2 Å². The van der Waals surface area contributed by atoms with Gasteiger partial charge in [-0.2, -0.15) is 5.26 Å². The number of nitro groups is 1. The number of Topliss-reactive ketones (excluding diaryl/α,β-unsaturated/α-hetero) is 1. The van der Waals surface area contributed by atoms with Gasteiger partial charge in [-0.1, -0.05) is 43.6 Å². The summed E-state index contributed by atoms with van der Waals surface area (Å²) in [4.78, 5) is 26.7. The monoisotopic (exact) mass is 582 g/mol. The molecular weight excluding hydrogens is 552 g/mol. The summed E-state index contributed by atoms with van der Waals surface area (Å²) < 4.78 is 6.04. The first kappa shape index (κ1) is 28.9. The largest absolute Gasteiger partial charge is 0.489 e. The number of ether oxygens (including phenoxy) is 1. The van der Waals surface area contributed by atoms with E-state index in [1.165, 1.54) is 12.1 Å². The number of benzene rings is 3. The fourth-order valence-electron chi connectivity index (χ4n) is 5.94. The number of nitro benzene ring substituents is 1. The summed E-state index contributed by atoms with van der Waals surface area (Å²) in [5.41, 5.74) is 11.7. The third-order valence-electron chi connectivity index (χ3n) is 7.92. The zero-order valence-electron chi connectivity index (χ0n) is 23.9.